The van der Waals surface area contributed by atoms with Crippen LogP contribution in [0.1, 0.15) is 28.9 Å². The minimum absolute atomic E-state index is 0.194. The maximum Gasteiger partial charge on any atom is 0.331 e. The van der Waals surface area contributed by atoms with Crippen molar-refractivity contribution in [2.45, 2.75) is 26.6 Å². The van der Waals surface area contributed by atoms with Gasteiger partial charge in [-0.3, -0.25) is 4.98 Å². The van der Waals surface area contributed by atoms with Gasteiger partial charge < -0.3 is 9.47 Å². The number of rotatable bonds is 8. The SMILES string of the molecule is CCc1nc(COC(=O)/C=C/c2ccc(OCc3ccccn3)cc2)cs1. The largest absolute Gasteiger partial charge is 0.487 e. The Labute approximate surface area is 162 Å². The minimum Gasteiger partial charge on any atom is -0.487 e. The van der Waals surface area contributed by atoms with E-state index in [4.69, 9.17) is 9.47 Å². The Kier molecular flexibility index (Phi) is 6.71. The fraction of sp³-hybridized carbons (Fsp3) is 0.190. The molecular weight excluding hydrogens is 360 g/mol. The first kappa shape index (κ1) is 18.8. The predicted molar refractivity (Wildman–Crippen MR) is 105 cm³/mol. The molecule has 27 heavy (non-hydrogen) atoms. The lowest BCUT2D eigenvalue weighted by Crippen LogP contribution is -2.01. The summed E-state index contributed by atoms with van der Waals surface area (Å²) >= 11 is 1.58. The molecule has 5 nitrogen and oxygen atoms in total. The summed E-state index contributed by atoms with van der Waals surface area (Å²) in [7, 11) is 0. The first-order valence-corrected chi connectivity index (χ1v) is 9.52. The van der Waals surface area contributed by atoms with Crippen molar-refractivity contribution in [3.63, 3.8) is 0 Å². The average molecular weight is 380 g/mol. The second-order valence-corrected chi connectivity index (χ2v) is 6.65. The first-order valence-electron chi connectivity index (χ1n) is 8.64. The molecule has 2 heterocycles. The second-order valence-electron chi connectivity index (χ2n) is 5.71. The van der Waals surface area contributed by atoms with Crippen LogP contribution in [0.15, 0.2) is 60.1 Å². The average Bonchev–Trinajstić information content (AvgIpc) is 3.19. The number of esters is 1. The van der Waals surface area contributed by atoms with Crippen LogP contribution in [0.2, 0.25) is 0 Å². The summed E-state index contributed by atoms with van der Waals surface area (Å²) in [6.07, 6.45) is 5.75. The smallest absolute Gasteiger partial charge is 0.331 e. The number of carbonyl (C=O) groups excluding carboxylic acids is 1. The standard InChI is InChI=1S/C21H20N2O3S/c1-2-20-23-18(15-27-20)14-26-21(24)11-8-16-6-9-19(10-7-16)25-13-17-5-3-4-12-22-17/h3-12,15H,2,13-14H2,1H3/b11-8+. The normalized spacial score (nSPS) is 10.9. The van der Waals surface area contributed by atoms with Crippen molar-refractivity contribution in [2.75, 3.05) is 0 Å². The number of aryl methyl sites for hydroxylation is 1. The van der Waals surface area contributed by atoms with Crippen molar-refractivity contribution >= 4 is 23.4 Å². The van der Waals surface area contributed by atoms with Gasteiger partial charge in [0.2, 0.25) is 0 Å². The highest BCUT2D eigenvalue weighted by Gasteiger charge is 2.03. The molecule has 3 rings (SSSR count). The van der Waals surface area contributed by atoms with Gasteiger partial charge in [-0.15, -0.1) is 11.3 Å². The molecule has 0 atom stereocenters. The van der Waals surface area contributed by atoms with Crippen molar-refractivity contribution < 1.29 is 14.3 Å². The van der Waals surface area contributed by atoms with Crippen LogP contribution in [0, 0.1) is 0 Å². The van der Waals surface area contributed by atoms with Crippen LogP contribution >= 0.6 is 11.3 Å². The van der Waals surface area contributed by atoms with Crippen molar-refractivity contribution in [3.05, 3.63) is 82.1 Å². The van der Waals surface area contributed by atoms with Gasteiger partial charge in [-0.25, -0.2) is 9.78 Å². The molecule has 0 bridgehead atoms. The van der Waals surface area contributed by atoms with Crippen molar-refractivity contribution in [2.24, 2.45) is 0 Å². The predicted octanol–water partition coefficient (Wildman–Crippen LogP) is 4.44. The Morgan fingerprint density at radius 1 is 1.11 bits per heavy atom. The quantitative estimate of drug-likeness (QED) is 0.427. The fourth-order valence-electron chi connectivity index (χ4n) is 2.25. The zero-order valence-electron chi connectivity index (χ0n) is 15.0. The molecule has 0 fully saturated rings. The zero-order chi connectivity index (χ0) is 18.9. The van der Waals surface area contributed by atoms with Gasteiger partial charge in [0, 0.05) is 17.7 Å². The molecule has 0 saturated heterocycles. The highest BCUT2D eigenvalue weighted by atomic mass is 32.1. The highest BCUT2D eigenvalue weighted by Crippen LogP contribution is 2.15. The number of ether oxygens (including phenoxy) is 2. The molecule has 6 heteroatoms. The number of nitrogens with zero attached hydrogens (tertiary/aromatic N) is 2. The van der Waals surface area contributed by atoms with E-state index in [0.717, 1.165) is 34.1 Å². The lowest BCUT2D eigenvalue weighted by atomic mass is 10.2. The molecule has 0 aliphatic carbocycles. The van der Waals surface area contributed by atoms with E-state index in [1.165, 1.54) is 6.08 Å². The molecule has 1 aromatic carbocycles. The van der Waals surface area contributed by atoms with E-state index in [-0.39, 0.29) is 6.61 Å². The third-order valence-electron chi connectivity index (χ3n) is 3.67. The van der Waals surface area contributed by atoms with Gasteiger partial charge >= 0.3 is 5.97 Å². The maximum atomic E-state index is 11.8. The second kappa shape index (κ2) is 9.64. The van der Waals surface area contributed by atoms with Gasteiger partial charge in [0.05, 0.1) is 16.4 Å². The van der Waals surface area contributed by atoms with Crippen LogP contribution in [0.25, 0.3) is 6.08 Å². The van der Waals surface area contributed by atoms with E-state index in [1.54, 1.807) is 23.6 Å². The number of hydrogen-bond acceptors (Lipinski definition) is 6. The lowest BCUT2D eigenvalue weighted by Gasteiger charge is -2.05. The van der Waals surface area contributed by atoms with Gasteiger partial charge in [-0.05, 0) is 42.3 Å². The molecule has 0 radical (unpaired) electrons. The Hall–Kier alpha value is -2.99. The van der Waals surface area contributed by atoms with Gasteiger partial charge in [0.15, 0.2) is 0 Å². The summed E-state index contributed by atoms with van der Waals surface area (Å²) in [5, 5.41) is 2.96. The molecule has 0 spiro atoms. The van der Waals surface area contributed by atoms with E-state index in [2.05, 4.69) is 9.97 Å². The molecule has 0 aliphatic rings. The van der Waals surface area contributed by atoms with Crippen LogP contribution < -0.4 is 4.74 Å². The van der Waals surface area contributed by atoms with Gasteiger partial charge in [-0.1, -0.05) is 25.1 Å². The summed E-state index contributed by atoms with van der Waals surface area (Å²) in [6.45, 7) is 2.66. The van der Waals surface area contributed by atoms with E-state index in [9.17, 15) is 4.79 Å². The van der Waals surface area contributed by atoms with Crippen LogP contribution in [-0.4, -0.2) is 15.9 Å². The van der Waals surface area contributed by atoms with Gasteiger partial charge in [-0.2, -0.15) is 0 Å². The Morgan fingerprint density at radius 2 is 1.96 bits per heavy atom. The van der Waals surface area contributed by atoms with Gasteiger partial charge in [0.1, 0.15) is 19.0 Å². The number of pyridine rings is 1. The summed E-state index contributed by atoms with van der Waals surface area (Å²) in [5.41, 5.74) is 2.54. The van der Waals surface area contributed by atoms with E-state index >= 15 is 0 Å². The highest BCUT2D eigenvalue weighted by molar-refractivity contribution is 7.09. The third-order valence-corrected chi connectivity index (χ3v) is 4.71. The van der Waals surface area contributed by atoms with Crippen molar-refractivity contribution in [3.8, 4) is 5.75 Å². The minimum atomic E-state index is -0.392. The van der Waals surface area contributed by atoms with Crippen LogP contribution in [0.4, 0.5) is 0 Å². The summed E-state index contributed by atoms with van der Waals surface area (Å²) < 4.78 is 10.9. The Balaban J connectivity index is 1.46. The fourth-order valence-corrected chi connectivity index (χ4v) is 2.98. The molecule has 2 aromatic heterocycles. The number of benzene rings is 1. The van der Waals surface area contributed by atoms with Crippen LogP contribution in [0.5, 0.6) is 5.75 Å². The number of aromatic nitrogens is 2. The molecule has 0 N–H and O–H groups in total. The summed E-state index contributed by atoms with van der Waals surface area (Å²) in [5.74, 6) is 0.354. The monoisotopic (exact) mass is 380 g/mol. The first-order chi connectivity index (χ1) is 13.2. The van der Waals surface area contributed by atoms with Crippen LogP contribution in [0.3, 0.4) is 0 Å². The summed E-state index contributed by atoms with van der Waals surface area (Å²) in [4.78, 5) is 20.4. The number of hydrogen-bond donors (Lipinski definition) is 0. The Morgan fingerprint density at radius 3 is 2.67 bits per heavy atom. The van der Waals surface area contributed by atoms with Crippen molar-refractivity contribution in [1.82, 2.24) is 9.97 Å². The third kappa shape index (κ3) is 6.04. The molecule has 0 amide bonds. The molecule has 138 valence electrons. The molecule has 3 aromatic rings. The zero-order valence-corrected chi connectivity index (χ0v) is 15.8. The molecule has 0 aliphatic heterocycles. The topological polar surface area (TPSA) is 61.3 Å². The van der Waals surface area contributed by atoms with Crippen molar-refractivity contribution in [1.29, 1.82) is 0 Å². The lowest BCUT2D eigenvalue weighted by molar-refractivity contribution is -0.139. The number of carbonyl (C=O) groups is 1. The van der Waals surface area contributed by atoms with E-state index < -0.39 is 5.97 Å². The van der Waals surface area contributed by atoms with E-state index in [1.807, 2.05) is 54.8 Å². The number of thiazole rings is 1. The summed E-state index contributed by atoms with van der Waals surface area (Å²) in [6, 6.07) is 13.2. The molecule has 0 unspecified atom stereocenters. The molecule has 0 saturated carbocycles. The maximum absolute atomic E-state index is 11.8. The van der Waals surface area contributed by atoms with Gasteiger partial charge in [0.25, 0.3) is 0 Å². The van der Waals surface area contributed by atoms with E-state index in [0.29, 0.717) is 6.61 Å². The Bertz CT molecular complexity index is 889. The molecular formula is C21H20N2O3S. The van der Waals surface area contributed by atoms with Crippen LogP contribution in [-0.2, 0) is 29.2 Å².